The van der Waals surface area contributed by atoms with E-state index in [0.717, 1.165) is 38.5 Å². The normalized spacial score (nSPS) is 38.7. The van der Waals surface area contributed by atoms with Gasteiger partial charge in [-0.15, -0.1) is 0 Å². The third kappa shape index (κ3) is 3.31. The Bertz CT molecular complexity index is 510. The van der Waals surface area contributed by atoms with E-state index in [-0.39, 0.29) is 12.0 Å². The highest BCUT2D eigenvalue weighted by Gasteiger charge is 2.42. The van der Waals surface area contributed by atoms with E-state index in [2.05, 4.69) is 10.0 Å². The van der Waals surface area contributed by atoms with Gasteiger partial charge in [0, 0.05) is 18.1 Å². The fourth-order valence-electron chi connectivity index (χ4n) is 4.36. The van der Waals surface area contributed by atoms with E-state index in [1.54, 1.807) is 0 Å². The summed E-state index contributed by atoms with van der Waals surface area (Å²) in [6.07, 6.45) is 6.88. The molecule has 0 aromatic carbocycles. The van der Waals surface area contributed by atoms with Gasteiger partial charge in [-0.1, -0.05) is 12.8 Å². The molecule has 0 spiro atoms. The number of nitrogens with one attached hydrogen (secondary N) is 2. The van der Waals surface area contributed by atoms with Crippen LogP contribution < -0.4 is 10.0 Å². The molecule has 4 atom stereocenters. The highest BCUT2D eigenvalue weighted by atomic mass is 32.2. The Hall–Kier alpha value is -0.660. The van der Waals surface area contributed by atoms with Crippen molar-refractivity contribution < 1.29 is 17.9 Å². The first-order valence-electron chi connectivity index (χ1n) is 8.34. The molecule has 1 aliphatic carbocycles. The lowest BCUT2D eigenvalue weighted by Gasteiger charge is -2.33. The maximum Gasteiger partial charge on any atom is 0.310 e. The average Bonchev–Trinajstić information content (AvgIpc) is 2.85. The second-order valence-corrected chi connectivity index (χ2v) is 8.85. The smallest absolute Gasteiger partial charge is 0.310 e. The molecule has 2 bridgehead atoms. The molecule has 6 nitrogen and oxygen atoms in total. The molecular formula is C15H26N2O4S. The summed E-state index contributed by atoms with van der Waals surface area (Å²) < 4.78 is 33.3. The molecule has 0 aromatic rings. The van der Waals surface area contributed by atoms with E-state index in [1.165, 1.54) is 7.11 Å². The molecule has 0 amide bonds. The number of fused-ring (bicyclic) bond motifs is 2. The van der Waals surface area contributed by atoms with Crippen molar-refractivity contribution in [1.29, 1.82) is 0 Å². The molecule has 0 radical (unpaired) electrons. The summed E-state index contributed by atoms with van der Waals surface area (Å²) in [5.41, 5.74) is 0. The Kier molecular flexibility index (Phi) is 4.75. The Balaban J connectivity index is 1.69. The summed E-state index contributed by atoms with van der Waals surface area (Å²) in [6, 6.07) is 0.882. The van der Waals surface area contributed by atoms with E-state index >= 15 is 0 Å². The second kappa shape index (κ2) is 6.45. The monoisotopic (exact) mass is 330 g/mol. The molecule has 2 N–H and O–H groups in total. The Morgan fingerprint density at radius 3 is 2.36 bits per heavy atom. The molecule has 3 aliphatic rings. The van der Waals surface area contributed by atoms with Crippen molar-refractivity contribution in [1.82, 2.24) is 10.0 Å². The number of carbonyl (C=O) groups is 1. The third-order valence-electron chi connectivity index (χ3n) is 5.41. The number of hydrogen-bond acceptors (Lipinski definition) is 5. The lowest BCUT2D eigenvalue weighted by Crippen LogP contribution is -2.52. The van der Waals surface area contributed by atoms with Crippen LogP contribution in [0, 0.1) is 5.92 Å². The van der Waals surface area contributed by atoms with Gasteiger partial charge in [0.25, 0.3) is 0 Å². The molecule has 3 fully saturated rings. The number of piperidine rings is 1. The molecule has 2 saturated heterocycles. The van der Waals surface area contributed by atoms with Gasteiger partial charge in [0.1, 0.15) is 0 Å². The third-order valence-corrected chi connectivity index (χ3v) is 7.43. The maximum absolute atomic E-state index is 12.8. The largest absolute Gasteiger partial charge is 0.469 e. The highest BCUT2D eigenvalue weighted by Crippen LogP contribution is 2.32. The molecule has 3 rings (SSSR count). The molecule has 1 saturated carbocycles. The SMILES string of the molecule is COC(=O)C1CCCCC1S(=O)(=O)NC1CC2CCC(C1)N2. The highest BCUT2D eigenvalue weighted by molar-refractivity contribution is 7.90. The molecule has 7 heteroatoms. The number of carbonyl (C=O) groups excluding carboxylic acids is 1. The maximum atomic E-state index is 12.8. The first-order chi connectivity index (χ1) is 10.5. The summed E-state index contributed by atoms with van der Waals surface area (Å²) in [4.78, 5) is 11.9. The molecule has 22 heavy (non-hydrogen) atoms. The number of hydrogen-bond donors (Lipinski definition) is 2. The van der Waals surface area contributed by atoms with Gasteiger partial charge in [-0.05, 0) is 38.5 Å². The Morgan fingerprint density at radius 2 is 1.73 bits per heavy atom. The second-order valence-electron chi connectivity index (χ2n) is 6.92. The van der Waals surface area contributed by atoms with Gasteiger partial charge in [-0.3, -0.25) is 4.79 Å². The summed E-state index contributed by atoms with van der Waals surface area (Å²) in [5, 5.41) is 2.88. The molecule has 4 unspecified atom stereocenters. The average molecular weight is 330 g/mol. The molecular weight excluding hydrogens is 304 g/mol. The van der Waals surface area contributed by atoms with Crippen LogP contribution in [0.1, 0.15) is 51.4 Å². The number of rotatable bonds is 4. The van der Waals surface area contributed by atoms with Gasteiger partial charge in [0.2, 0.25) is 10.0 Å². The van der Waals surface area contributed by atoms with Crippen LogP contribution in [-0.2, 0) is 19.6 Å². The molecule has 2 heterocycles. The van der Waals surface area contributed by atoms with Crippen LogP contribution in [0.15, 0.2) is 0 Å². The van der Waals surface area contributed by atoms with E-state index < -0.39 is 21.2 Å². The van der Waals surface area contributed by atoms with Crippen molar-refractivity contribution in [3.05, 3.63) is 0 Å². The van der Waals surface area contributed by atoms with Crippen molar-refractivity contribution >= 4 is 16.0 Å². The van der Waals surface area contributed by atoms with E-state index in [9.17, 15) is 13.2 Å². The van der Waals surface area contributed by atoms with Crippen LogP contribution in [0.2, 0.25) is 0 Å². The number of sulfonamides is 1. The van der Waals surface area contributed by atoms with Crippen molar-refractivity contribution in [2.75, 3.05) is 7.11 Å². The number of methoxy groups -OCH3 is 1. The lowest BCUT2D eigenvalue weighted by atomic mass is 9.89. The van der Waals surface area contributed by atoms with Crippen LogP contribution in [0.5, 0.6) is 0 Å². The summed E-state index contributed by atoms with van der Waals surface area (Å²) in [6.45, 7) is 0. The van der Waals surface area contributed by atoms with Crippen LogP contribution in [-0.4, -0.2) is 44.9 Å². The van der Waals surface area contributed by atoms with Crippen molar-refractivity contribution in [2.24, 2.45) is 5.92 Å². The summed E-state index contributed by atoms with van der Waals surface area (Å²) in [7, 11) is -2.15. The first-order valence-corrected chi connectivity index (χ1v) is 9.89. The zero-order chi connectivity index (χ0) is 15.7. The Morgan fingerprint density at radius 1 is 1.09 bits per heavy atom. The van der Waals surface area contributed by atoms with Crippen molar-refractivity contribution in [2.45, 2.75) is 74.7 Å². The van der Waals surface area contributed by atoms with Crippen LogP contribution in [0.4, 0.5) is 0 Å². The van der Waals surface area contributed by atoms with Gasteiger partial charge >= 0.3 is 5.97 Å². The van der Waals surface area contributed by atoms with Gasteiger partial charge in [-0.2, -0.15) is 0 Å². The topological polar surface area (TPSA) is 84.5 Å². The molecule has 2 aliphatic heterocycles. The fourth-order valence-corrected chi connectivity index (χ4v) is 6.35. The van der Waals surface area contributed by atoms with Crippen molar-refractivity contribution in [3.8, 4) is 0 Å². The zero-order valence-corrected chi connectivity index (χ0v) is 13.9. The predicted molar refractivity (Wildman–Crippen MR) is 82.8 cm³/mol. The number of ether oxygens (including phenoxy) is 1. The van der Waals surface area contributed by atoms with Gasteiger partial charge < -0.3 is 10.1 Å². The molecule has 126 valence electrons. The van der Waals surface area contributed by atoms with E-state index in [0.29, 0.717) is 24.9 Å². The lowest BCUT2D eigenvalue weighted by molar-refractivity contribution is -0.146. The van der Waals surface area contributed by atoms with Crippen LogP contribution in [0.25, 0.3) is 0 Å². The minimum Gasteiger partial charge on any atom is -0.469 e. The summed E-state index contributed by atoms with van der Waals surface area (Å²) in [5.74, 6) is -0.907. The van der Waals surface area contributed by atoms with Gasteiger partial charge in [-0.25, -0.2) is 13.1 Å². The number of esters is 1. The van der Waals surface area contributed by atoms with Gasteiger partial charge in [0.15, 0.2) is 0 Å². The quantitative estimate of drug-likeness (QED) is 0.749. The first kappa shape index (κ1) is 16.2. The van der Waals surface area contributed by atoms with E-state index in [1.807, 2.05) is 0 Å². The Labute approximate surface area is 132 Å². The van der Waals surface area contributed by atoms with Crippen LogP contribution >= 0.6 is 0 Å². The predicted octanol–water partition coefficient (Wildman–Crippen LogP) is 0.921. The standard InChI is InChI=1S/C15H26N2O4S/c1-21-15(18)13-4-2-3-5-14(13)22(19,20)17-12-8-10-6-7-11(9-12)16-10/h10-14,16-17H,2-9H2,1H3. The zero-order valence-electron chi connectivity index (χ0n) is 13.1. The van der Waals surface area contributed by atoms with Crippen LogP contribution in [0.3, 0.4) is 0 Å². The molecule has 0 aromatic heterocycles. The summed E-state index contributed by atoms with van der Waals surface area (Å²) >= 11 is 0. The van der Waals surface area contributed by atoms with Crippen molar-refractivity contribution in [3.63, 3.8) is 0 Å². The minimum atomic E-state index is -3.48. The fraction of sp³-hybridized carbons (Fsp3) is 0.933. The van der Waals surface area contributed by atoms with Gasteiger partial charge in [0.05, 0.1) is 18.3 Å². The minimum absolute atomic E-state index is 0.00368. The van der Waals surface area contributed by atoms with E-state index in [4.69, 9.17) is 4.74 Å².